The van der Waals surface area contributed by atoms with Crippen LogP contribution in [0.2, 0.25) is 0 Å². The Hall–Kier alpha value is -2.05. The highest BCUT2D eigenvalue weighted by molar-refractivity contribution is 5.98. The Kier molecular flexibility index (Phi) is 4.42. The van der Waals surface area contributed by atoms with Crippen LogP contribution in [0.1, 0.15) is 31.1 Å². The van der Waals surface area contributed by atoms with Crippen LogP contribution < -0.4 is 0 Å². The van der Waals surface area contributed by atoms with Gasteiger partial charge in [0.1, 0.15) is 5.56 Å². The van der Waals surface area contributed by atoms with E-state index in [0.717, 1.165) is 0 Å². The molecule has 0 N–H and O–H groups in total. The summed E-state index contributed by atoms with van der Waals surface area (Å²) in [5.74, 6) is -3.36. The van der Waals surface area contributed by atoms with Gasteiger partial charge >= 0.3 is 0 Å². The first kappa shape index (κ1) is 16.0. The summed E-state index contributed by atoms with van der Waals surface area (Å²) >= 11 is 0. The molecule has 0 heterocycles. The number of carbonyl (C=O) groups excluding carboxylic acids is 1. The zero-order chi connectivity index (χ0) is 15.7. The van der Waals surface area contributed by atoms with Gasteiger partial charge in [-0.25, -0.2) is 8.78 Å². The van der Waals surface area contributed by atoms with Gasteiger partial charge in [0, 0.05) is 13.6 Å². The summed E-state index contributed by atoms with van der Waals surface area (Å²) in [6.07, 6.45) is 0. The van der Waals surface area contributed by atoms with E-state index in [1.165, 1.54) is 11.9 Å². The molecule has 0 atom stereocenters. The Morgan fingerprint density at radius 2 is 1.80 bits per heavy atom. The third kappa shape index (κ3) is 3.72. The molecule has 20 heavy (non-hydrogen) atoms. The average molecular weight is 286 g/mol. The summed E-state index contributed by atoms with van der Waals surface area (Å²) in [7, 11) is 1.46. The molecule has 5 nitrogen and oxygen atoms in total. The molecule has 0 radical (unpaired) electrons. The lowest BCUT2D eigenvalue weighted by Gasteiger charge is -2.26. The fraction of sp³-hybridized carbons (Fsp3) is 0.462. The zero-order valence-electron chi connectivity index (χ0n) is 11.7. The topological polar surface area (TPSA) is 63.5 Å². The second-order valence-corrected chi connectivity index (χ2v) is 5.76. The molecule has 0 aliphatic rings. The van der Waals surface area contributed by atoms with Crippen molar-refractivity contribution in [3.05, 3.63) is 39.4 Å². The van der Waals surface area contributed by atoms with Gasteiger partial charge in [0.25, 0.3) is 11.6 Å². The molecule has 0 aliphatic heterocycles. The molecule has 0 aliphatic carbocycles. The van der Waals surface area contributed by atoms with E-state index in [2.05, 4.69) is 0 Å². The first-order chi connectivity index (χ1) is 9.03. The van der Waals surface area contributed by atoms with E-state index in [4.69, 9.17) is 0 Å². The monoisotopic (exact) mass is 286 g/mol. The molecular formula is C13H16F2N2O3. The Morgan fingerprint density at radius 3 is 2.25 bits per heavy atom. The van der Waals surface area contributed by atoms with Crippen molar-refractivity contribution in [2.75, 3.05) is 13.6 Å². The van der Waals surface area contributed by atoms with Crippen molar-refractivity contribution < 1.29 is 18.5 Å². The maximum absolute atomic E-state index is 13.2. The van der Waals surface area contributed by atoms with E-state index in [0.29, 0.717) is 18.7 Å². The first-order valence-corrected chi connectivity index (χ1v) is 5.92. The number of benzene rings is 1. The molecule has 0 bridgehead atoms. The fourth-order valence-electron chi connectivity index (χ4n) is 1.85. The van der Waals surface area contributed by atoms with Crippen molar-refractivity contribution in [1.82, 2.24) is 4.90 Å². The summed E-state index contributed by atoms with van der Waals surface area (Å²) in [6, 6.07) is 0.989. The number of hydrogen-bond acceptors (Lipinski definition) is 3. The number of carbonyl (C=O) groups is 1. The number of rotatable bonds is 3. The SMILES string of the molecule is CN(CC(C)(C)C)C(=O)c1cc(F)c(F)cc1[N+](=O)[O-]. The average Bonchev–Trinajstić information content (AvgIpc) is 2.28. The largest absolute Gasteiger partial charge is 0.341 e. The van der Waals surface area contributed by atoms with Crippen LogP contribution in [0.25, 0.3) is 0 Å². The summed E-state index contributed by atoms with van der Waals surface area (Å²) in [6.45, 7) is 5.98. The summed E-state index contributed by atoms with van der Waals surface area (Å²) in [4.78, 5) is 23.3. The van der Waals surface area contributed by atoms with Gasteiger partial charge in [0.2, 0.25) is 0 Å². The molecule has 0 saturated carbocycles. The van der Waals surface area contributed by atoms with Crippen molar-refractivity contribution in [2.45, 2.75) is 20.8 Å². The summed E-state index contributed by atoms with van der Waals surface area (Å²) < 4.78 is 26.3. The van der Waals surface area contributed by atoms with Crippen molar-refractivity contribution in [1.29, 1.82) is 0 Å². The van der Waals surface area contributed by atoms with Crippen LogP contribution in [0.15, 0.2) is 12.1 Å². The third-order valence-corrected chi connectivity index (χ3v) is 2.52. The summed E-state index contributed by atoms with van der Waals surface area (Å²) in [5.41, 5.74) is -1.42. The van der Waals surface area contributed by atoms with E-state index in [1.807, 2.05) is 20.8 Å². The van der Waals surface area contributed by atoms with Crippen LogP contribution in [0.4, 0.5) is 14.5 Å². The van der Waals surface area contributed by atoms with Gasteiger partial charge in [0.05, 0.1) is 11.0 Å². The molecule has 1 aromatic rings. The highest BCUT2D eigenvalue weighted by atomic mass is 19.2. The first-order valence-electron chi connectivity index (χ1n) is 5.92. The molecule has 1 amide bonds. The van der Waals surface area contributed by atoms with E-state index in [9.17, 15) is 23.7 Å². The van der Waals surface area contributed by atoms with Crippen molar-refractivity contribution in [3.8, 4) is 0 Å². The number of nitro benzene ring substituents is 1. The van der Waals surface area contributed by atoms with Gasteiger partial charge in [-0.05, 0) is 11.5 Å². The van der Waals surface area contributed by atoms with Gasteiger partial charge < -0.3 is 4.90 Å². The van der Waals surface area contributed by atoms with E-state index >= 15 is 0 Å². The number of amides is 1. The predicted molar refractivity (Wildman–Crippen MR) is 69.4 cm³/mol. The number of halogens is 2. The van der Waals surface area contributed by atoms with Crippen molar-refractivity contribution in [2.24, 2.45) is 5.41 Å². The van der Waals surface area contributed by atoms with Crippen LogP contribution in [0, 0.1) is 27.2 Å². The van der Waals surface area contributed by atoms with Crippen LogP contribution in [-0.2, 0) is 0 Å². The Balaban J connectivity index is 3.21. The van der Waals surface area contributed by atoms with Gasteiger partial charge in [0.15, 0.2) is 11.6 Å². The maximum Gasteiger partial charge on any atom is 0.285 e. The van der Waals surface area contributed by atoms with Crippen LogP contribution in [0.5, 0.6) is 0 Å². The molecular weight excluding hydrogens is 270 g/mol. The molecule has 0 unspecified atom stereocenters. The minimum Gasteiger partial charge on any atom is -0.341 e. The summed E-state index contributed by atoms with van der Waals surface area (Å²) in [5, 5.41) is 10.8. The molecule has 110 valence electrons. The van der Waals surface area contributed by atoms with Gasteiger partial charge in [-0.15, -0.1) is 0 Å². The minimum atomic E-state index is -1.35. The number of nitrogens with zero attached hydrogens (tertiary/aromatic N) is 2. The Morgan fingerprint density at radius 1 is 1.30 bits per heavy atom. The van der Waals surface area contributed by atoms with Crippen LogP contribution in [0.3, 0.4) is 0 Å². The van der Waals surface area contributed by atoms with Crippen molar-refractivity contribution >= 4 is 11.6 Å². The smallest absolute Gasteiger partial charge is 0.285 e. The molecule has 7 heteroatoms. The van der Waals surface area contributed by atoms with Gasteiger partial charge in [-0.3, -0.25) is 14.9 Å². The minimum absolute atomic E-state index is 0.224. The lowest BCUT2D eigenvalue weighted by atomic mass is 9.96. The second kappa shape index (κ2) is 5.52. The number of hydrogen-bond donors (Lipinski definition) is 0. The Bertz CT molecular complexity index is 553. The van der Waals surface area contributed by atoms with Crippen molar-refractivity contribution in [3.63, 3.8) is 0 Å². The fourth-order valence-corrected chi connectivity index (χ4v) is 1.85. The standard InChI is InChI=1S/C13H16F2N2O3/c1-13(2,3)7-16(4)12(18)8-5-9(14)10(15)6-11(8)17(19)20/h5-6H,7H2,1-4H3. The molecule has 1 aromatic carbocycles. The third-order valence-electron chi connectivity index (χ3n) is 2.52. The molecule has 0 aromatic heterocycles. The predicted octanol–water partition coefficient (Wildman–Crippen LogP) is 2.99. The van der Waals surface area contributed by atoms with E-state index in [-0.39, 0.29) is 5.41 Å². The lowest BCUT2D eigenvalue weighted by molar-refractivity contribution is -0.385. The quantitative estimate of drug-likeness (QED) is 0.634. The number of nitro groups is 1. The molecule has 0 spiro atoms. The highest BCUT2D eigenvalue weighted by Crippen LogP contribution is 2.24. The maximum atomic E-state index is 13.2. The zero-order valence-corrected chi connectivity index (χ0v) is 11.7. The van der Waals surface area contributed by atoms with Gasteiger partial charge in [-0.2, -0.15) is 0 Å². The molecule has 0 fully saturated rings. The highest BCUT2D eigenvalue weighted by Gasteiger charge is 2.27. The second-order valence-electron chi connectivity index (χ2n) is 5.76. The lowest BCUT2D eigenvalue weighted by Crippen LogP contribution is -2.34. The molecule has 0 saturated heterocycles. The van der Waals surface area contributed by atoms with Gasteiger partial charge in [-0.1, -0.05) is 20.8 Å². The van der Waals surface area contributed by atoms with E-state index < -0.39 is 33.7 Å². The molecule has 1 rings (SSSR count). The van der Waals surface area contributed by atoms with Crippen LogP contribution >= 0.6 is 0 Å². The van der Waals surface area contributed by atoms with Crippen LogP contribution in [-0.4, -0.2) is 29.3 Å². The van der Waals surface area contributed by atoms with E-state index in [1.54, 1.807) is 0 Å². The Labute approximate surface area is 115 Å². The normalized spacial score (nSPS) is 11.3.